The third-order valence-corrected chi connectivity index (χ3v) is 4.43. The van der Waals surface area contributed by atoms with E-state index in [1.807, 2.05) is 18.2 Å². The fraction of sp³-hybridized carbons (Fsp3) is 0.158. The van der Waals surface area contributed by atoms with Crippen LogP contribution in [-0.4, -0.2) is 18.1 Å². The van der Waals surface area contributed by atoms with Crippen molar-refractivity contribution in [2.45, 2.75) is 6.04 Å². The summed E-state index contributed by atoms with van der Waals surface area (Å²) in [4.78, 5) is 12.9. The molecule has 5 nitrogen and oxygen atoms in total. The number of nitrogens with one attached hydrogen (secondary N) is 3. The summed E-state index contributed by atoms with van der Waals surface area (Å²) in [5.41, 5.74) is 1.24. The zero-order chi connectivity index (χ0) is 19.6. The highest BCUT2D eigenvalue weighted by Crippen LogP contribution is 2.35. The summed E-state index contributed by atoms with van der Waals surface area (Å²) < 4.78 is 31.9. The van der Waals surface area contributed by atoms with Crippen LogP contribution in [0.1, 0.15) is 11.6 Å². The number of hydrogen-bond donors (Lipinski definition) is 3. The van der Waals surface area contributed by atoms with Crippen molar-refractivity contribution in [3.8, 4) is 5.75 Å². The standard InChI is InChI=1S/C19H17F2N3O2S/c1-10-16(18(25)23-11-7-8-13(20)14(21)9-11)17(24-19(27)22-10)12-5-3-4-6-15(12)26-2/h3-9,16-17H,1H2,2H3,(H,23,25)(H2,22,24,27)/t16-,17-/m0/s1. The molecule has 8 heteroatoms. The van der Waals surface area contributed by atoms with Gasteiger partial charge in [0, 0.05) is 23.0 Å². The zero-order valence-electron chi connectivity index (χ0n) is 14.4. The van der Waals surface area contributed by atoms with E-state index in [9.17, 15) is 13.6 Å². The van der Waals surface area contributed by atoms with E-state index in [0.29, 0.717) is 16.6 Å². The topological polar surface area (TPSA) is 62.4 Å². The molecule has 0 bridgehead atoms. The van der Waals surface area contributed by atoms with Gasteiger partial charge in [-0.1, -0.05) is 24.8 Å². The number of carbonyl (C=O) groups is 1. The number of thiocarbonyl (C=S) groups is 1. The highest BCUT2D eigenvalue weighted by molar-refractivity contribution is 7.80. The first-order valence-electron chi connectivity index (χ1n) is 8.06. The Bertz CT molecular complexity index is 920. The fourth-order valence-electron chi connectivity index (χ4n) is 2.97. The van der Waals surface area contributed by atoms with Gasteiger partial charge in [-0.2, -0.15) is 0 Å². The van der Waals surface area contributed by atoms with E-state index in [-0.39, 0.29) is 5.69 Å². The molecule has 1 fully saturated rings. The Kier molecular flexibility index (Phi) is 5.36. The van der Waals surface area contributed by atoms with Crippen molar-refractivity contribution in [2.24, 2.45) is 5.92 Å². The van der Waals surface area contributed by atoms with Crippen molar-refractivity contribution >= 4 is 28.9 Å². The minimum Gasteiger partial charge on any atom is -0.496 e. The Hall–Kier alpha value is -3.00. The lowest BCUT2D eigenvalue weighted by atomic mass is 9.87. The molecule has 2 aromatic carbocycles. The molecule has 1 aliphatic rings. The first-order chi connectivity index (χ1) is 12.9. The lowest BCUT2D eigenvalue weighted by Gasteiger charge is -2.36. The van der Waals surface area contributed by atoms with Gasteiger partial charge in [0.2, 0.25) is 5.91 Å². The van der Waals surface area contributed by atoms with Crippen LogP contribution in [0, 0.1) is 17.6 Å². The number of carbonyl (C=O) groups excluding carboxylic acids is 1. The molecular formula is C19H17F2N3O2S. The molecule has 2 atom stereocenters. The minimum atomic E-state index is -1.05. The summed E-state index contributed by atoms with van der Waals surface area (Å²) in [5, 5.41) is 8.82. The number of para-hydroxylation sites is 1. The second-order valence-electron chi connectivity index (χ2n) is 5.94. The third-order valence-electron chi connectivity index (χ3n) is 4.21. The van der Waals surface area contributed by atoms with E-state index < -0.39 is 29.5 Å². The minimum absolute atomic E-state index is 0.138. The Labute approximate surface area is 160 Å². The maximum absolute atomic E-state index is 13.4. The number of benzene rings is 2. The molecule has 2 aromatic rings. The maximum Gasteiger partial charge on any atom is 0.235 e. The molecular weight excluding hydrogens is 372 g/mol. The molecule has 0 spiro atoms. The number of hydrogen-bond acceptors (Lipinski definition) is 3. The average molecular weight is 389 g/mol. The van der Waals surface area contributed by atoms with E-state index in [4.69, 9.17) is 17.0 Å². The molecule has 1 saturated heterocycles. The zero-order valence-corrected chi connectivity index (χ0v) is 15.2. The van der Waals surface area contributed by atoms with Crippen molar-refractivity contribution in [3.63, 3.8) is 0 Å². The lowest BCUT2D eigenvalue weighted by Crippen LogP contribution is -2.51. The SMILES string of the molecule is C=C1NC(=S)N[C@@H](c2ccccc2OC)[C@H]1C(=O)Nc1ccc(F)c(F)c1. The second kappa shape index (κ2) is 7.71. The molecule has 140 valence electrons. The van der Waals surface area contributed by atoms with Gasteiger partial charge in [-0.05, 0) is 30.4 Å². The van der Waals surface area contributed by atoms with Gasteiger partial charge in [0.05, 0.1) is 13.2 Å². The Morgan fingerprint density at radius 3 is 2.67 bits per heavy atom. The fourth-order valence-corrected chi connectivity index (χ4v) is 3.23. The normalized spacial score (nSPS) is 19.1. The molecule has 3 N–H and O–H groups in total. The van der Waals surface area contributed by atoms with Crippen molar-refractivity contribution in [2.75, 3.05) is 12.4 Å². The van der Waals surface area contributed by atoms with E-state index in [1.165, 1.54) is 13.2 Å². The molecule has 0 saturated carbocycles. The number of halogens is 2. The second-order valence-corrected chi connectivity index (χ2v) is 6.35. The predicted octanol–water partition coefficient (Wildman–Crippen LogP) is 3.26. The highest BCUT2D eigenvalue weighted by Gasteiger charge is 2.38. The Balaban J connectivity index is 1.93. The average Bonchev–Trinajstić information content (AvgIpc) is 2.64. The summed E-state index contributed by atoms with van der Waals surface area (Å²) in [5.74, 6) is -2.69. The number of anilines is 1. The van der Waals surface area contributed by atoms with Crippen LogP contribution in [0.5, 0.6) is 5.75 Å². The van der Waals surface area contributed by atoms with Crippen LogP contribution >= 0.6 is 12.2 Å². The molecule has 0 aliphatic carbocycles. The molecule has 0 aromatic heterocycles. The molecule has 1 aliphatic heterocycles. The van der Waals surface area contributed by atoms with Crippen LogP contribution in [0.15, 0.2) is 54.7 Å². The molecule has 1 amide bonds. The van der Waals surface area contributed by atoms with Gasteiger partial charge in [-0.3, -0.25) is 4.79 Å². The largest absolute Gasteiger partial charge is 0.496 e. The van der Waals surface area contributed by atoms with Gasteiger partial charge in [0.1, 0.15) is 11.7 Å². The van der Waals surface area contributed by atoms with Gasteiger partial charge in [0.15, 0.2) is 16.7 Å². The van der Waals surface area contributed by atoms with Crippen LogP contribution in [0.2, 0.25) is 0 Å². The van der Waals surface area contributed by atoms with Crippen molar-refractivity contribution in [3.05, 3.63) is 71.9 Å². The van der Waals surface area contributed by atoms with Gasteiger partial charge in [-0.15, -0.1) is 0 Å². The van der Waals surface area contributed by atoms with Gasteiger partial charge in [-0.25, -0.2) is 8.78 Å². The Morgan fingerprint density at radius 1 is 1.22 bits per heavy atom. The first-order valence-corrected chi connectivity index (χ1v) is 8.46. The van der Waals surface area contributed by atoms with Crippen molar-refractivity contribution in [1.29, 1.82) is 0 Å². The van der Waals surface area contributed by atoms with Crippen molar-refractivity contribution in [1.82, 2.24) is 10.6 Å². The molecule has 0 radical (unpaired) electrons. The van der Waals surface area contributed by atoms with Crippen LogP contribution in [0.3, 0.4) is 0 Å². The number of amides is 1. The molecule has 0 unspecified atom stereocenters. The molecule has 27 heavy (non-hydrogen) atoms. The van der Waals surface area contributed by atoms with E-state index >= 15 is 0 Å². The monoisotopic (exact) mass is 389 g/mol. The van der Waals surface area contributed by atoms with Crippen LogP contribution in [0.4, 0.5) is 14.5 Å². The number of rotatable bonds is 4. The van der Waals surface area contributed by atoms with Crippen LogP contribution in [-0.2, 0) is 4.79 Å². The Morgan fingerprint density at radius 2 is 1.96 bits per heavy atom. The predicted molar refractivity (Wildman–Crippen MR) is 102 cm³/mol. The summed E-state index contributed by atoms with van der Waals surface area (Å²) >= 11 is 5.19. The lowest BCUT2D eigenvalue weighted by molar-refractivity contribution is -0.119. The summed E-state index contributed by atoms with van der Waals surface area (Å²) in [6.07, 6.45) is 0. The van der Waals surface area contributed by atoms with Crippen LogP contribution < -0.4 is 20.7 Å². The molecule has 1 heterocycles. The number of ether oxygens (including phenoxy) is 1. The summed E-state index contributed by atoms with van der Waals surface area (Å²) in [7, 11) is 1.53. The van der Waals surface area contributed by atoms with Crippen molar-refractivity contribution < 1.29 is 18.3 Å². The number of methoxy groups -OCH3 is 1. The maximum atomic E-state index is 13.4. The first kappa shape index (κ1) is 18.8. The summed E-state index contributed by atoms with van der Waals surface area (Å²) in [6, 6.07) is 9.82. The quantitative estimate of drug-likeness (QED) is 0.701. The third kappa shape index (κ3) is 3.90. The smallest absolute Gasteiger partial charge is 0.235 e. The van der Waals surface area contributed by atoms with E-state index in [1.54, 1.807) is 6.07 Å². The van der Waals surface area contributed by atoms with Gasteiger partial charge >= 0.3 is 0 Å². The van der Waals surface area contributed by atoms with E-state index in [0.717, 1.165) is 17.7 Å². The van der Waals surface area contributed by atoms with E-state index in [2.05, 4.69) is 22.5 Å². The highest BCUT2D eigenvalue weighted by atomic mass is 32.1. The molecule has 3 rings (SSSR count). The van der Waals surface area contributed by atoms with Gasteiger partial charge in [0.25, 0.3) is 0 Å². The van der Waals surface area contributed by atoms with Crippen LogP contribution in [0.25, 0.3) is 0 Å². The summed E-state index contributed by atoms with van der Waals surface area (Å²) in [6.45, 7) is 3.90. The van der Waals surface area contributed by atoms with Gasteiger partial charge < -0.3 is 20.7 Å².